The van der Waals surface area contributed by atoms with Crippen LogP contribution in [-0.4, -0.2) is 66.5 Å². The second-order valence-electron chi connectivity index (χ2n) is 6.52. The van der Waals surface area contributed by atoms with Gasteiger partial charge in [-0.2, -0.15) is 0 Å². The molecule has 3 heterocycles. The van der Waals surface area contributed by atoms with Crippen LogP contribution in [0.3, 0.4) is 0 Å². The Kier molecular flexibility index (Phi) is 5.56. The second-order valence-corrected chi connectivity index (χ2v) is 6.52. The van der Waals surface area contributed by atoms with E-state index in [1.807, 2.05) is 0 Å². The van der Waals surface area contributed by atoms with E-state index in [0.29, 0.717) is 37.1 Å². The fourth-order valence-corrected chi connectivity index (χ4v) is 3.41. The molecule has 11 heteroatoms. The number of unbranched alkanes of at least 4 members (excludes halogenated alkanes) is 1. The maximum Gasteiger partial charge on any atom is 0.255 e. The second kappa shape index (κ2) is 7.72. The summed E-state index contributed by atoms with van der Waals surface area (Å²) in [5.41, 5.74) is 10.4. The molecule has 2 aromatic heterocycles. The van der Waals surface area contributed by atoms with Crippen molar-refractivity contribution in [1.29, 1.82) is 0 Å². The maximum atomic E-state index is 12.7. The molecule has 0 saturated carbocycles. The summed E-state index contributed by atoms with van der Waals surface area (Å²) in [6, 6.07) is 0. The van der Waals surface area contributed by atoms with Gasteiger partial charge in [0.05, 0.1) is 6.33 Å². The molecule has 11 nitrogen and oxygen atoms in total. The van der Waals surface area contributed by atoms with Crippen LogP contribution in [0.5, 0.6) is 0 Å². The van der Waals surface area contributed by atoms with Gasteiger partial charge >= 0.3 is 0 Å². The van der Waals surface area contributed by atoms with Gasteiger partial charge in [-0.1, -0.05) is 0 Å². The molecule has 1 amide bonds. The lowest BCUT2D eigenvalue weighted by atomic mass is 9.88. The zero-order valence-corrected chi connectivity index (χ0v) is 15.1. The molecule has 0 aromatic carbocycles. The predicted molar refractivity (Wildman–Crippen MR) is 96.2 cm³/mol. The maximum absolute atomic E-state index is 12.7. The number of anilines is 1. The Labute approximate surface area is 155 Å². The summed E-state index contributed by atoms with van der Waals surface area (Å²) in [6.45, 7) is 2.59. The van der Waals surface area contributed by atoms with E-state index < -0.39 is 29.9 Å². The zero-order valence-electron chi connectivity index (χ0n) is 15.1. The minimum absolute atomic E-state index is 0.185. The van der Waals surface area contributed by atoms with Crippen LogP contribution in [0.4, 0.5) is 5.82 Å². The molecule has 0 aliphatic carbocycles. The number of rotatable bonds is 7. The molecule has 1 saturated heterocycles. The van der Waals surface area contributed by atoms with Crippen LogP contribution in [0.15, 0.2) is 12.7 Å². The first-order valence-electron chi connectivity index (χ1n) is 8.91. The SMILES string of the molecule is CCNC(=O)[C@@]1(CCCCN)O[C@@H](n2cnc3c(N)ncnc32)[C@H](O)[C@@H]1O. The van der Waals surface area contributed by atoms with Gasteiger partial charge < -0.3 is 31.7 Å². The van der Waals surface area contributed by atoms with E-state index in [2.05, 4.69) is 20.3 Å². The van der Waals surface area contributed by atoms with Gasteiger partial charge in [0.1, 0.15) is 24.1 Å². The van der Waals surface area contributed by atoms with Crippen molar-refractivity contribution in [2.75, 3.05) is 18.8 Å². The Hall–Kier alpha value is -2.34. The smallest absolute Gasteiger partial charge is 0.255 e. The van der Waals surface area contributed by atoms with Crippen LogP contribution >= 0.6 is 0 Å². The Bertz CT molecular complexity index is 813. The molecule has 27 heavy (non-hydrogen) atoms. The molecule has 1 aliphatic heterocycles. The van der Waals surface area contributed by atoms with E-state index >= 15 is 0 Å². The predicted octanol–water partition coefficient (Wildman–Crippen LogP) is -1.34. The normalized spacial score (nSPS) is 27.9. The van der Waals surface area contributed by atoms with E-state index in [1.54, 1.807) is 6.92 Å². The molecular weight excluding hydrogens is 354 g/mol. The Morgan fingerprint density at radius 2 is 2.15 bits per heavy atom. The number of hydrogen-bond acceptors (Lipinski definition) is 9. The van der Waals surface area contributed by atoms with Crippen LogP contribution in [0, 0.1) is 0 Å². The quantitative estimate of drug-likeness (QED) is 0.365. The van der Waals surface area contributed by atoms with Crippen molar-refractivity contribution in [1.82, 2.24) is 24.8 Å². The number of aliphatic hydroxyl groups is 2. The van der Waals surface area contributed by atoms with Gasteiger partial charge in [-0.05, 0) is 32.7 Å². The van der Waals surface area contributed by atoms with Crippen LogP contribution in [-0.2, 0) is 9.53 Å². The largest absolute Gasteiger partial charge is 0.387 e. The average Bonchev–Trinajstić information content (AvgIpc) is 3.18. The molecule has 3 rings (SSSR count). The molecule has 0 unspecified atom stereocenters. The molecule has 1 fully saturated rings. The summed E-state index contributed by atoms with van der Waals surface area (Å²) >= 11 is 0. The van der Waals surface area contributed by atoms with Crippen LogP contribution in [0.25, 0.3) is 11.2 Å². The number of nitrogens with two attached hydrogens (primary N) is 2. The molecule has 0 bridgehead atoms. The van der Waals surface area contributed by atoms with Crippen molar-refractivity contribution in [2.45, 2.75) is 50.2 Å². The highest BCUT2D eigenvalue weighted by atomic mass is 16.6. The van der Waals surface area contributed by atoms with Gasteiger partial charge in [-0.15, -0.1) is 0 Å². The molecule has 0 radical (unpaired) electrons. The van der Waals surface area contributed by atoms with Crippen molar-refractivity contribution in [3.63, 3.8) is 0 Å². The summed E-state index contributed by atoms with van der Waals surface area (Å²) in [7, 11) is 0. The van der Waals surface area contributed by atoms with Crippen molar-refractivity contribution < 1.29 is 19.7 Å². The third-order valence-electron chi connectivity index (χ3n) is 4.81. The van der Waals surface area contributed by atoms with Gasteiger partial charge in [-0.25, -0.2) is 15.0 Å². The number of ether oxygens (including phenoxy) is 1. The van der Waals surface area contributed by atoms with E-state index in [4.69, 9.17) is 16.2 Å². The first-order valence-corrected chi connectivity index (χ1v) is 8.91. The van der Waals surface area contributed by atoms with Crippen molar-refractivity contribution >= 4 is 22.9 Å². The lowest BCUT2D eigenvalue weighted by Gasteiger charge is -2.30. The fourth-order valence-electron chi connectivity index (χ4n) is 3.41. The van der Waals surface area contributed by atoms with Crippen LogP contribution in [0.1, 0.15) is 32.4 Å². The number of hydrogen-bond donors (Lipinski definition) is 5. The molecule has 4 atom stereocenters. The summed E-state index contributed by atoms with van der Waals surface area (Å²) in [6.07, 6.45) is 0.256. The van der Waals surface area contributed by atoms with Crippen molar-refractivity contribution in [3.05, 3.63) is 12.7 Å². The Morgan fingerprint density at radius 1 is 1.37 bits per heavy atom. The first kappa shape index (κ1) is 19.4. The van der Waals surface area contributed by atoms with E-state index in [9.17, 15) is 15.0 Å². The number of aromatic nitrogens is 4. The number of carbonyl (C=O) groups is 1. The van der Waals surface area contributed by atoms with Gasteiger partial charge in [0, 0.05) is 6.54 Å². The van der Waals surface area contributed by atoms with Gasteiger partial charge in [-0.3, -0.25) is 9.36 Å². The number of nitrogens with zero attached hydrogens (tertiary/aromatic N) is 4. The highest BCUT2D eigenvalue weighted by Gasteiger charge is 2.59. The van der Waals surface area contributed by atoms with Crippen molar-refractivity contribution in [2.24, 2.45) is 5.73 Å². The Balaban J connectivity index is 1.98. The minimum atomic E-state index is -1.59. The fraction of sp³-hybridized carbons (Fsp3) is 0.625. The van der Waals surface area contributed by atoms with E-state index in [-0.39, 0.29) is 12.2 Å². The van der Waals surface area contributed by atoms with Crippen molar-refractivity contribution in [3.8, 4) is 0 Å². The number of aliphatic hydroxyl groups excluding tert-OH is 2. The average molecular weight is 379 g/mol. The van der Waals surface area contributed by atoms with E-state index in [1.165, 1.54) is 17.2 Å². The summed E-state index contributed by atoms with van der Waals surface area (Å²) in [5, 5.41) is 24.1. The summed E-state index contributed by atoms with van der Waals surface area (Å²) < 4.78 is 7.45. The number of nitrogen functional groups attached to an aromatic ring is 1. The monoisotopic (exact) mass is 379 g/mol. The number of amides is 1. The lowest BCUT2D eigenvalue weighted by molar-refractivity contribution is -0.160. The third kappa shape index (κ3) is 3.23. The number of imidazole rings is 1. The van der Waals surface area contributed by atoms with Crippen LogP contribution < -0.4 is 16.8 Å². The topological polar surface area (TPSA) is 174 Å². The zero-order chi connectivity index (χ0) is 19.6. The standard InChI is InChI=1S/C16H25N7O4/c1-2-19-15(26)16(5-3-4-6-17)11(25)10(24)14(27-16)23-8-22-9-12(18)20-7-21-13(9)23/h7-8,10-11,14,24-25H,2-6,17H2,1H3,(H,19,26)(H2,18,20,21)/t10-,11+,14-,16+/m1/s1. The highest BCUT2D eigenvalue weighted by molar-refractivity contribution is 5.86. The molecular formula is C16H25N7O4. The van der Waals surface area contributed by atoms with Gasteiger partial charge in [0.25, 0.3) is 5.91 Å². The molecule has 2 aromatic rings. The molecule has 148 valence electrons. The third-order valence-corrected chi connectivity index (χ3v) is 4.81. The number of likely N-dealkylation sites (N-methyl/N-ethyl adjacent to an activating group) is 1. The van der Waals surface area contributed by atoms with Crippen LogP contribution in [0.2, 0.25) is 0 Å². The first-order chi connectivity index (χ1) is 13.0. The summed E-state index contributed by atoms with van der Waals surface area (Å²) in [4.78, 5) is 24.9. The summed E-state index contributed by atoms with van der Waals surface area (Å²) in [5.74, 6) is -0.292. The molecule has 7 N–H and O–H groups in total. The number of carbonyl (C=O) groups excluding carboxylic acids is 1. The lowest BCUT2D eigenvalue weighted by Crippen LogP contribution is -2.55. The highest BCUT2D eigenvalue weighted by Crippen LogP contribution is 2.41. The van der Waals surface area contributed by atoms with Gasteiger partial charge in [0.2, 0.25) is 0 Å². The number of nitrogens with one attached hydrogen (secondary N) is 1. The van der Waals surface area contributed by atoms with E-state index in [0.717, 1.165) is 0 Å². The molecule has 1 aliphatic rings. The number of fused-ring (bicyclic) bond motifs is 1. The molecule has 0 spiro atoms. The van der Waals surface area contributed by atoms with Gasteiger partial charge in [0.15, 0.2) is 23.3 Å². The Morgan fingerprint density at radius 3 is 2.85 bits per heavy atom. The minimum Gasteiger partial charge on any atom is -0.387 e.